The molecule has 1 unspecified atom stereocenters. The molecule has 43 heavy (non-hydrogen) atoms. The number of carbonyl (C=O) groups is 3. The number of ketones is 1. The lowest BCUT2D eigenvalue weighted by atomic mass is 10.0. The van der Waals surface area contributed by atoms with E-state index in [0.29, 0.717) is 21.2 Å². The van der Waals surface area contributed by atoms with Crippen LogP contribution in [0.15, 0.2) is 72.8 Å². The Balaban J connectivity index is 1.77. The molecule has 0 aromatic heterocycles. The highest BCUT2D eigenvalue weighted by atomic mass is 35.5. The van der Waals surface area contributed by atoms with E-state index in [1.165, 1.54) is 24.0 Å². The molecular weight excluding hydrogens is 609 g/mol. The van der Waals surface area contributed by atoms with Crippen molar-refractivity contribution < 1.29 is 22.8 Å². The van der Waals surface area contributed by atoms with Gasteiger partial charge in [0, 0.05) is 40.2 Å². The summed E-state index contributed by atoms with van der Waals surface area (Å²) in [5, 5.41) is 3.74. The zero-order valence-electron chi connectivity index (χ0n) is 24.1. The van der Waals surface area contributed by atoms with E-state index in [1.807, 2.05) is 30.3 Å². The number of nitrogens with one attached hydrogen (secondary N) is 1. The number of halogens is 2. The second-order valence-electron chi connectivity index (χ2n) is 10.8. The molecule has 2 amide bonds. The normalized spacial score (nSPS) is 14.2. The van der Waals surface area contributed by atoms with Gasteiger partial charge >= 0.3 is 0 Å². The van der Waals surface area contributed by atoms with Gasteiger partial charge in [0.15, 0.2) is 5.78 Å². The molecule has 0 aliphatic heterocycles. The summed E-state index contributed by atoms with van der Waals surface area (Å²) >= 11 is 13.0. The summed E-state index contributed by atoms with van der Waals surface area (Å²) in [6.07, 6.45) is 4.89. The van der Waals surface area contributed by atoms with E-state index < -0.39 is 28.5 Å². The monoisotopic (exact) mass is 643 g/mol. The Morgan fingerprint density at radius 3 is 2.16 bits per heavy atom. The molecule has 4 rings (SSSR count). The number of carbonyl (C=O) groups excluding carboxylic acids is 3. The molecule has 0 spiro atoms. The van der Waals surface area contributed by atoms with Gasteiger partial charge in [0.25, 0.3) is 0 Å². The minimum absolute atomic E-state index is 0.00605. The lowest BCUT2D eigenvalue weighted by Gasteiger charge is -2.34. The molecule has 1 aliphatic carbocycles. The van der Waals surface area contributed by atoms with Gasteiger partial charge in [0.2, 0.25) is 21.8 Å². The molecule has 0 saturated heterocycles. The maximum atomic E-state index is 14.3. The van der Waals surface area contributed by atoms with Crippen LogP contribution in [0.3, 0.4) is 0 Å². The first-order valence-electron chi connectivity index (χ1n) is 14.1. The lowest BCUT2D eigenvalue weighted by molar-refractivity contribution is -0.140. The Bertz CT molecular complexity index is 1560. The number of hydrogen-bond donors (Lipinski definition) is 1. The van der Waals surface area contributed by atoms with Crippen molar-refractivity contribution in [1.29, 1.82) is 0 Å². The van der Waals surface area contributed by atoms with Crippen LogP contribution >= 0.6 is 23.2 Å². The van der Waals surface area contributed by atoms with Crippen molar-refractivity contribution in [2.45, 2.75) is 57.7 Å². The summed E-state index contributed by atoms with van der Waals surface area (Å²) in [7, 11) is -3.98. The van der Waals surface area contributed by atoms with E-state index in [-0.39, 0.29) is 36.4 Å². The van der Waals surface area contributed by atoms with Crippen LogP contribution in [-0.2, 0) is 32.6 Å². The number of benzene rings is 3. The number of anilines is 1. The third kappa shape index (κ3) is 8.59. The average molecular weight is 645 g/mol. The second-order valence-corrected chi connectivity index (χ2v) is 13.5. The molecule has 1 N–H and O–H groups in total. The van der Waals surface area contributed by atoms with Gasteiger partial charge in [0.1, 0.15) is 12.6 Å². The molecule has 0 bridgehead atoms. The Morgan fingerprint density at radius 1 is 0.930 bits per heavy atom. The van der Waals surface area contributed by atoms with Crippen LogP contribution in [0.4, 0.5) is 5.69 Å². The fourth-order valence-electron chi connectivity index (χ4n) is 5.27. The molecule has 1 aliphatic rings. The van der Waals surface area contributed by atoms with Gasteiger partial charge in [-0.15, -0.1) is 0 Å². The highest BCUT2D eigenvalue weighted by Gasteiger charge is 2.35. The minimum Gasteiger partial charge on any atom is -0.352 e. The van der Waals surface area contributed by atoms with Crippen LogP contribution in [0.2, 0.25) is 10.0 Å². The number of sulfonamides is 1. The summed E-state index contributed by atoms with van der Waals surface area (Å²) < 4.78 is 27.0. The maximum absolute atomic E-state index is 14.3. The average Bonchev–Trinajstić information content (AvgIpc) is 3.48. The number of rotatable bonds is 12. The molecule has 3 aromatic rings. The zero-order chi connectivity index (χ0) is 31.1. The van der Waals surface area contributed by atoms with Crippen molar-refractivity contribution in [3.8, 4) is 0 Å². The van der Waals surface area contributed by atoms with Crippen molar-refractivity contribution in [3.05, 3.63) is 99.5 Å². The van der Waals surface area contributed by atoms with Gasteiger partial charge < -0.3 is 10.2 Å². The van der Waals surface area contributed by atoms with E-state index in [1.54, 1.807) is 30.3 Å². The number of hydrogen-bond acceptors (Lipinski definition) is 5. The summed E-state index contributed by atoms with van der Waals surface area (Å²) in [6, 6.07) is 19.4. The van der Waals surface area contributed by atoms with Crippen LogP contribution in [0.1, 0.15) is 54.1 Å². The molecule has 11 heteroatoms. The molecule has 1 saturated carbocycles. The fraction of sp³-hybridized carbons (Fsp3) is 0.344. The quantitative estimate of drug-likeness (QED) is 0.257. The number of amides is 2. The van der Waals surface area contributed by atoms with Crippen LogP contribution < -0.4 is 9.62 Å². The van der Waals surface area contributed by atoms with Crippen LogP contribution in [0, 0.1) is 0 Å². The molecule has 0 heterocycles. The third-order valence-corrected chi connectivity index (χ3v) is 9.43. The fourth-order valence-corrected chi connectivity index (χ4v) is 6.63. The van der Waals surface area contributed by atoms with Crippen molar-refractivity contribution in [1.82, 2.24) is 10.2 Å². The van der Waals surface area contributed by atoms with E-state index >= 15 is 0 Å². The zero-order valence-corrected chi connectivity index (χ0v) is 26.5. The SMILES string of the molecule is CC(=O)c1cccc(N(CC(=O)N(Cc2c(Cl)cccc2Cl)C(Cc2ccccc2)C(=O)NC2CCCC2)S(C)(=O)=O)c1. The summed E-state index contributed by atoms with van der Waals surface area (Å²) in [5.41, 5.74) is 1.73. The van der Waals surface area contributed by atoms with Gasteiger partial charge in [-0.2, -0.15) is 0 Å². The van der Waals surface area contributed by atoms with Crippen LogP contribution in [0.25, 0.3) is 0 Å². The molecule has 0 radical (unpaired) electrons. The standard InChI is InChI=1S/C32H35Cl2N3O5S/c1-22(38)24-12-8-15-26(19-24)37(43(2,41)42)21-31(39)36(20-27-28(33)16-9-17-29(27)34)30(18-23-10-4-3-5-11-23)32(40)35-25-13-6-7-14-25/h3-5,8-12,15-17,19,25,30H,6-7,13-14,18,20-21H2,1-2H3,(H,35,40). The lowest BCUT2D eigenvalue weighted by Crippen LogP contribution is -2.54. The Kier molecular flexibility index (Phi) is 10.9. The van der Waals surface area contributed by atoms with Gasteiger partial charge in [-0.25, -0.2) is 8.42 Å². The highest BCUT2D eigenvalue weighted by molar-refractivity contribution is 7.92. The smallest absolute Gasteiger partial charge is 0.244 e. The van der Waals surface area contributed by atoms with E-state index in [9.17, 15) is 22.8 Å². The van der Waals surface area contributed by atoms with E-state index in [0.717, 1.165) is 41.8 Å². The van der Waals surface area contributed by atoms with Gasteiger partial charge in [0.05, 0.1) is 11.9 Å². The van der Waals surface area contributed by atoms with Crippen LogP contribution in [-0.4, -0.2) is 55.8 Å². The van der Waals surface area contributed by atoms with Crippen LogP contribution in [0.5, 0.6) is 0 Å². The second kappa shape index (κ2) is 14.4. The van der Waals surface area contributed by atoms with Crippen molar-refractivity contribution in [2.24, 2.45) is 0 Å². The van der Waals surface area contributed by atoms with Gasteiger partial charge in [-0.3, -0.25) is 18.7 Å². The first kappa shape index (κ1) is 32.5. The molecule has 3 aromatic carbocycles. The minimum atomic E-state index is -3.98. The number of nitrogens with zero attached hydrogens (tertiary/aromatic N) is 2. The highest BCUT2D eigenvalue weighted by Crippen LogP contribution is 2.28. The Labute approximate surface area is 263 Å². The van der Waals surface area contributed by atoms with Gasteiger partial charge in [-0.1, -0.05) is 84.6 Å². The van der Waals surface area contributed by atoms with Crippen molar-refractivity contribution >= 4 is 56.5 Å². The number of Topliss-reactive ketones (excluding diaryl/α,β-unsaturated/α-hetero) is 1. The van der Waals surface area contributed by atoms with E-state index in [4.69, 9.17) is 23.2 Å². The van der Waals surface area contributed by atoms with Crippen molar-refractivity contribution in [3.63, 3.8) is 0 Å². The summed E-state index contributed by atoms with van der Waals surface area (Å²) in [5.74, 6) is -1.21. The third-order valence-electron chi connectivity index (χ3n) is 7.58. The molecular formula is C32H35Cl2N3O5S. The predicted octanol–water partition coefficient (Wildman–Crippen LogP) is 5.66. The van der Waals surface area contributed by atoms with Crippen molar-refractivity contribution in [2.75, 3.05) is 17.1 Å². The summed E-state index contributed by atoms with van der Waals surface area (Å²) in [6.45, 7) is 0.642. The Hall–Kier alpha value is -3.40. The first-order valence-corrected chi connectivity index (χ1v) is 16.7. The van der Waals surface area contributed by atoms with Gasteiger partial charge in [-0.05, 0) is 49.6 Å². The topological polar surface area (TPSA) is 104 Å². The maximum Gasteiger partial charge on any atom is 0.244 e. The molecule has 228 valence electrons. The first-order chi connectivity index (χ1) is 20.4. The van der Waals surface area contributed by atoms with E-state index in [2.05, 4.69) is 5.32 Å². The molecule has 8 nitrogen and oxygen atoms in total. The molecule has 1 atom stereocenters. The predicted molar refractivity (Wildman–Crippen MR) is 170 cm³/mol. The largest absolute Gasteiger partial charge is 0.352 e. The molecule has 1 fully saturated rings. The summed E-state index contributed by atoms with van der Waals surface area (Å²) in [4.78, 5) is 41.6. The Morgan fingerprint density at radius 2 is 1.56 bits per heavy atom.